The lowest BCUT2D eigenvalue weighted by molar-refractivity contribution is 0.127. The molecule has 1 N–H and O–H groups in total. The van der Waals surface area contributed by atoms with Gasteiger partial charge in [0.05, 0.1) is 23.9 Å². The van der Waals surface area contributed by atoms with E-state index in [1.807, 2.05) is 19.1 Å². The SMILES string of the molecule is CCOCC(Nc1ccnc2cc(Br)cnc12)C(C)C. The molecule has 0 aliphatic rings. The zero-order valence-electron chi connectivity index (χ0n) is 12.1. The van der Waals surface area contributed by atoms with Crippen molar-refractivity contribution in [2.45, 2.75) is 26.8 Å². The minimum atomic E-state index is 0.256. The van der Waals surface area contributed by atoms with Gasteiger partial charge in [-0.3, -0.25) is 9.97 Å². The fraction of sp³-hybridized carbons (Fsp3) is 0.467. The average Bonchev–Trinajstić information content (AvgIpc) is 2.42. The van der Waals surface area contributed by atoms with E-state index in [0.717, 1.165) is 27.8 Å². The summed E-state index contributed by atoms with van der Waals surface area (Å²) < 4.78 is 6.49. The van der Waals surface area contributed by atoms with Crippen LogP contribution in [0.3, 0.4) is 0 Å². The molecule has 2 aromatic heterocycles. The van der Waals surface area contributed by atoms with Crippen LogP contribution in [0.5, 0.6) is 0 Å². The van der Waals surface area contributed by atoms with Gasteiger partial charge in [0.1, 0.15) is 5.52 Å². The number of hydrogen-bond donors (Lipinski definition) is 1. The number of fused-ring (bicyclic) bond motifs is 1. The number of nitrogens with zero attached hydrogens (tertiary/aromatic N) is 2. The first kappa shape index (κ1) is 15.2. The monoisotopic (exact) mass is 337 g/mol. The number of halogens is 1. The molecule has 0 amide bonds. The van der Waals surface area contributed by atoms with E-state index in [9.17, 15) is 0 Å². The molecule has 0 aromatic carbocycles. The number of pyridine rings is 2. The highest BCUT2D eigenvalue weighted by Gasteiger charge is 2.15. The van der Waals surface area contributed by atoms with Crippen molar-refractivity contribution >= 4 is 32.7 Å². The summed E-state index contributed by atoms with van der Waals surface area (Å²) in [5, 5.41) is 3.53. The topological polar surface area (TPSA) is 47.0 Å². The average molecular weight is 338 g/mol. The highest BCUT2D eigenvalue weighted by molar-refractivity contribution is 9.10. The van der Waals surface area contributed by atoms with Gasteiger partial charge in [-0.1, -0.05) is 13.8 Å². The summed E-state index contributed by atoms with van der Waals surface area (Å²) in [6, 6.07) is 4.19. The van der Waals surface area contributed by atoms with Crippen LogP contribution in [0.25, 0.3) is 11.0 Å². The minimum absolute atomic E-state index is 0.256. The third-order valence-electron chi connectivity index (χ3n) is 3.19. The van der Waals surface area contributed by atoms with Gasteiger partial charge < -0.3 is 10.1 Å². The number of anilines is 1. The maximum Gasteiger partial charge on any atom is 0.112 e. The predicted molar refractivity (Wildman–Crippen MR) is 86.0 cm³/mol. The van der Waals surface area contributed by atoms with Crippen LogP contribution in [-0.4, -0.2) is 29.2 Å². The number of aromatic nitrogens is 2. The molecular formula is C15H20BrN3O. The molecule has 5 heteroatoms. The third kappa shape index (κ3) is 3.67. The second-order valence-electron chi connectivity index (χ2n) is 5.03. The zero-order chi connectivity index (χ0) is 14.5. The largest absolute Gasteiger partial charge is 0.380 e. The molecule has 2 rings (SSSR count). The van der Waals surface area contributed by atoms with Gasteiger partial charge in [-0.05, 0) is 40.9 Å². The molecule has 1 atom stereocenters. The van der Waals surface area contributed by atoms with E-state index in [0.29, 0.717) is 12.5 Å². The summed E-state index contributed by atoms with van der Waals surface area (Å²) in [5.74, 6) is 0.472. The van der Waals surface area contributed by atoms with Crippen LogP contribution in [0.15, 0.2) is 29.0 Å². The van der Waals surface area contributed by atoms with Crippen molar-refractivity contribution < 1.29 is 4.74 Å². The van der Waals surface area contributed by atoms with Crippen LogP contribution in [0.4, 0.5) is 5.69 Å². The molecule has 0 fully saturated rings. The summed E-state index contributed by atoms with van der Waals surface area (Å²) in [6.45, 7) is 7.80. The Morgan fingerprint density at radius 2 is 2.15 bits per heavy atom. The summed E-state index contributed by atoms with van der Waals surface area (Å²) in [4.78, 5) is 8.81. The van der Waals surface area contributed by atoms with Gasteiger partial charge in [-0.15, -0.1) is 0 Å². The van der Waals surface area contributed by atoms with E-state index in [1.165, 1.54) is 0 Å². The maximum atomic E-state index is 5.55. The highest BCUT2D eigenvalue weighted by atomic mass is 79.9. The van der Waals surface area contributed by atoms with Gasteiger partial charge in [0.25, 0.3) is 0 Å². The molecular weight excluding hydrogens is 318 g/mol. The molecule has 0 saturated carbocycles. The first-order valence-corrected chi connectivity index (χ1v) is 7.65. The fourth-order valence-electron chi connectivity index (χ4n) is 1.97. The molecule has 0 aliphatic carbocycles. The Bertz CT molecular complexity index is 574. The smallest absolute Gasteiger partial charge is 0.112 e. The molecule has 0 spiro atoms. The van der Waals surface area contributed by atoms with Crippen LogP contribution in [0.1, 0.15) is 20.8 Å². The van der Waals surface area contributed by atoms with Crippen LogP contribution >= 0.6 is 15.9 Å². The first-order valence-electron chi connectivity index (χ1n) is 6.86. The molecule has 2 aromatic rings. The molecule has 2 heterocycles. The van der Waals surface area contributed by atoms with Crippen molar-refractivity contribution in [3.8, 4) is 0 Å². The number of rotatable bonds is 6. The lowest BCUT2D eigenvalue weighted by atomic mass is 10.0. The molecule has 0 radical (unpaired) electrons. The Labute approximate surface area is 128 Å². The summed E-state index contributed by atoms with van der Waals surface area (Å²) >= 11 is 3.42. The summed E-state index contributed by atoms with van der Waals surface area (Å²) in [5.41, 5.74) is 2.77. The lowest BCUT2D eigenvalue weighted by Gasteiger charge is -2.23. The van der Waals surface area contributed by atoms with Crippen LogP contribution in [0, 0.1) is 5.92 Å². The van der Waals surface area contributed by atoms with Gasteiger partial charge in [0.2, 0.25) is 0 Å². The molecule has 4 nitrogen and oxygen atoms in total. The predicted octanol–water partition coefficient (Wildman–Crippen LogP) is 3.87. The van der Waals surface area contributed by atoms with Gasteiger partial charge in [0.15, 0.2) is 0 Å². The van der Waals surface area contributed by atoms with Gasteiger partial charge >= 0.3 is 0 Å². The van der Waals surface area contributed by atoms with E-state index in [1.54, 1.807) is 12.4 Å². The van der Waals surface area contributed by atoms with Gasteiger partial charge in [-0.25, -0.2) is 0 Å². The van der Waals surface area contributed by atoms with Crippen LogP contribution in [0.2, 0.25) is 0 Å². The summed E-state index contributed by atoms with van der Waals surface area (Å²) in [7, 11) is 0. The molecule has 20 heavy (non-hydrogen) atoms. The van der Waals surface area contributed by atoms with Crippen molar-refractivity contribution in [1.82, 2.24) is 9.97 Å². The highest BCUT2D eigenvalue weighted by Crippen LogP contribution is 2.23. The zero-order valence-corrected chi connectivity index (χ0v) is 13.6. The van der Waals surface area contributed by atoms with Crippen molar-refractivity contribution in [2.24, 2.45) is 5.92 Å². The molecule has 0 bridgehead atoms. The van der Waals surface area contributed by atoms with E-state index in [2.05, 4.69) is 45.1 Å². The number of hydrogen-bond acceptors (Lipinski definition) is 4. The maximum absolute atomic E-state index is 5.55. The van der Waals surface area contributed by atoms with Gasteiger partial charge in [-0.2, -0.15) is 0 Å². The van der Waals surface area contributed by atoms with Crippen molar-refractivity contribution in [2.75, 3.05) is 18.5 Å². The van der Waals surface area contributed by atoms with Crippen molar-refractivity contribution in [3.05, 3.63) is 29.0 Å². The second kappa shape index (κ2) is 6.99. The Morgan fingerprint density at radius 1 is 1.35 bits per heavy atom. The Morgan fingerprint density at radius 3 is 2.85 bits per heavy atom. The molecule has 1 unspecified atom stereocenters. The fourth-order valence-corrected chi connectivity index (χ4v) is 2.29. The van der Waals surface area contributed by atoms with Crippen LogP contribution in [-0.2, 0) is 4.74 Å². The Kier molecular flexibility index (Phi) is 5.31. The molecule has 108 valence electrons. The molecule has 0 saturated heterocycles. The minimum Gasteiger partial charge on any atom is -0.380 e. The Balaban J connectivity index is 2.27. The number of nitrogens with one attached hydrogen (secondary N) is 1. The quantitative estimate of drug-likeness (QED) is 0.869. The van der Waals surface area contributed by atoms with Crippen molar-refractivity contribution in [3.63, 3.8) is 0 Å². The Hall–Kier alpha value is -1.20. The van der Waals surface area contributed by atoms with Crippen LogP contribution < -0.4 is 5.32 Å². The molecule has 0 aliphatic heterocycles. The van der Waals surface area contributed by atoms with E-state index in [4.69, 9.17) is 4.74 Å². The van der Waals surface area contributed by atoms with E-state index < -0.39 is 0 Å². The normalized spacial score (nSPS) is 12.8. The second-order valence-corrected chi connectivity index (χ2v) is 5.95. The first-order chi connectivity index (χ1) is 9.61. The van der Waals surface area contributed by atoms with Crippen molar-refractivity contribution in [1.29, 1.82) is 0 Å². The number of ether oxygens (including phenoxy) is 1. The van der Waals surface area contributed by atoms with E-state index in [-0.39, 0.29) is 6.04 Å². The lowest BCUT2D eigenvalue weighted by Crippen LogP contribution is -2.31. The van der Waals surface area contributed by atoms with E-state index >= 15 is 0 Å². The third-order valence-corrected chi connectivity index (χ3v) is 3.62. The van der Waals surface area contributed by atoms with Gasteiger partial charge in [0, 0.05) is 23.5 Å². The standard InChI is InChI=1S/C15H20BrN3O/c1-4-20-9-14(10(2)3)19-12-5-6-17-13-7-11(16)8-18-15(12)13/h5-8,10,14H,4,9H2,1-3H3,(H,17,19). The summed E-state index contributed by atoms with van der Waals surface area (Å²) in [6.07, 6.45) is 3.60.